The average molecular weight is 251 g/mol. The van der Waals surface area contributed by atoms with Gasteiger partial charge in [-0.05, 0) is 45.4 Å². The molecule has 0 heterocycles. The molecule has 1 aromatic carbocycles. The third kappa shape index (κ3) is 5.57. The molecule has 0 aliphatic heterocycles. The second-order valence-electron chi connectivity index (χ2n) is 4.93. The molecule has 18 heavy (non-hydrogen) atoms. The van der Waals surface area contributed by atoms with Crippen LogP contribution >= 0.6 is 0 Å². The number of carbonyl (C=O) groups excluding carboxylic acids is 1. The number of carbonyl (C=O) groups is 1. The van der Waals surface area contributed by atoms with E-state index in [0.717, 1.165) is 11.3 Å². The van der Waals surface area contributed by atoms with Gasteiger partial charge in [0.25, 0.3) is 0 Å². The molecule has 0 radical (unpaired) electrons. The number of hydrogen-bond donors (Lipinski definition) is 1. The maximum atomic E-state index is 11.4. The topological polar surface area (TPSA) is 47.6 Å². The van der Waals surface area contributed by atoms with E-state index in [1.54, 1.807) is 0 Å². The number of nitrogens with one attached hydrogen (secondary N) is 1. The van der Waals surface area contributed by atoms with Crippen molar-refractivity contribution in [2.45, 2.75) is 39.8 Å². The second kappa shape index (κ2) is 6.28. The van der Waals surface area contributed by atoms with E-state index in [4.69, 9.17) is 9.47 Å². The summed E-state index contributed by atoms with van der Waals surface area (Å²) in [6.07, 6.45) is -0.406. The third-order valence-electron chi connectivity index (χ3n) is 2.07. The molecule has 1 rings (SSSR count). The first-order chi connectivity index (χ1) is 8.40. The second-order valence-corrected chi connectivity index (χ2v) is 4.93. The van der Waals surface area contributed by atoms with Crippen LogP contribution in [-0.4, -0.2) is 18.3 Å². The molecule has 1 aromatic rings. The Hall–Kier alpha value is -1.71. The standard InChI is InChI=1S/C14H21NO3/c1-5-17-12-8-6-11(7-9-12)10-15-13(16)18-14(2,3)4/h6-9H,5,10H2,1-4H3,(H,15,16). The highest BCUT2D eigenvalue weighted by atomic mass is 16.6. The van der Waals surface area contributed by atoms with E-state index in [1.807, 2.05) is 52.0 Å². The average Bonchev–Trinajstić information content (AvgIpc) is 2.26. The maximum absolute atomic E-state index is 11.4. The maximum Gasteiger partial charge on any atom is 0.407 e. The van der Waals surface area contributed by atoms with Gasteiger partial charge in [0.2, 0.25) is 0 Å². The molecule has 1 amide bonds. The van der Waals surface area contributed by atoms with Crippen molar-refractivity contribution >= 4 is 6.09 Å². The predicted molar refractivity (Wildman–Crippen MR) is 70.7 cm³/mol. The van der Waals surface area contributed by atoms with Crippen molar-refractivity contribution in [2.24, 2.45) is 0 Å². The van der Waals surface area contributed by atoms with Gasteiger partial charge in [-0.15, -0.1) is 0 Å². The Bertz CT molecular complexity index is 379. The SMILES string of the molecule is CCOc1ccc(CNC(=O)OC(C)(C)C)cc1. The summed E-state index contributed by atoms with van der Waals surface area (Å²) in [4.78, 5) is 11.4. The fourth-order valence-electron chi connectivity index (χ4n) is 1.36. The summed E-state index contributed by atoms with van der Waals surface area (Å²) in [6, 6.07) is 7.61. The number of hydrogen-bond acceptors (Lipinski definition) is 3. The van der Waals surface area contributed by atoms with Gasteiger partial charge in [0.15, 0.2) is 0 Å². The van der Waals surface area contributed by atoms with E-state index in [-0.39, 0.29) is 0 Å². The molecule has 1 N–H and O–H groups in total. The van der Waals surface area contributed by atoms with Crippen LogP contribution in [0.15, 0.2) is 24.3 Å². The van der Waals surface area contributed by atoms with E-state index < -0.39 is 11.7 Å². The van der Waals surface area contributed by atoms with Crippen LogP contribution < -0.4 is 10.1 Å². The smallest absolute Gasteiger partial charge is 0.407 e. The zero-order chi connectivity index (χ0) is 13.6. The Morgan fingerprint density at radius 3 is 2.33 bits per heavy atom. The van der Waals surface area contributed by atoms with Crippen molar-refractivity contribution in [3.05, 3.63) is 29.8 Å². The van der Waals surface area contributed by atoms with Gasteiger partial charge in [0.1, 0.15) is 11.4 Å². The minimum absolute atomic E-state index is 0.406. The zero-order valence-corrected chi connectivity index (χ0v) is 11.4. The lowest BCUT2D eigenvalue weighted by Gasteiger charge is -2.19. The summed E-state index contributed by atoms with van der Waals surface area (Å²) in [5.41, 5.74) is 0.535. The molecule has 0 aromatic heterocycles. The van der Waals surface area contributed by atoms with Crippen molar-refractivity contribution in [3.8, 4) is 5.75 Å². The first kappa shape index (κ1) is 14.4. The van der Waals surface area contributed by atoms with Gasteiger partial charge in [-0.1, -0.05) is 12.1 Å². The van der Waals surface area contributed by atoms with Gasteiger partial charge in [-0.2, -0.15) is 0 Å². The molecule has 0 aliphatic carbocycles. The summed E-state index contributed by atoms with van der Waals surface area (Å²) in [5.74, 6) is 0.832. The normalized spacial score (nSPS) is 10.9. The van der Waals surface area contributed by atoms with Gasteiger partial charge in [0, 0.05) is 6.54 Å². The third-order valence-corrected chi connectivity index (χ3v) is 2.07. The lowest BCUT2D eigenvalue weighted by molar-refractivity contribution is 0.0523. The molecule has 0 spiro atoms. The number of alkyl carbamates (subject to hydrolysis) is 1. The van der Waals surface area contributed by atoms with E-state index in [9.17, 15) is 4.79 Å². The van der Waals surface area contributed by atoms with Gasteiger partial charge in [0.05, 0.1) is 6.61 Å². The highest BCUT2D eigenvalue weighted by molar-refractivity contribution is 5.67. The van der Waals surface area contributed by atoms with Crippen LogP contribution in [0, 0.1) is 0 Å². The molecular formula is C14H21NO3. The molecule has 0 aliphatic rings. The number of ether oxygens (including phenoxy) is 2. The fourth-order valence-corrected chi connectivity index (χ4v) is 1.36. The highest BCUT2D eigenvalue weighted by Crippen LogP contribution is 2.12. The molecule has 0 bridgehead atoms. The van der Waals surface area contributed by atoms with Crippen LogP contribution in [0.4, 0.5) is 4.79 Å². The van der Waals surface area contributed by atoms with Crippen molar-refractivity contribution in [3.63, 3.8) is 0 Å². The monoisotopic (exact) mass is 251 g/mol. The van der Waals surface area contributed by atoms with Gasteiger partial charge in [-0.3, -0.25) is 0 Å². The van der Waals surface area contributed by atoms with Crippen molar-refractivity contribution in [2.75, 3.05) is 6.61 Å². The van der Waals surface area contributed by atoms with Crippen LogP contribution in [0.1, 0.15) is 33.3 Å². The van der Waals surface area contributed by atoms with E-state index in [0.29, 0.717) is 13.2 Å². The lowest BCUT2D eigenvalue weighted by atomic mass is 10.2. The minimum Gasteiger partial charge on any atom is -0.494 e. The minimum atomic E-state index is -0.469. The largest absolute Gasteiger partial charge is 0.494 e. The Labute approximate surface area is 108 Å². The van der Waals surface area contributed by atoms with Crippen LogP contribution in [0.5, 0.6) is 5.75 Å². The summed E-state index contributed by atoms with van der Waals surface area (Å²) >= 11 is 0. The zero-order valence-electron chi connectivity index (χ0n) is 11.4. The Balaban J connectivity index is 2.41. The van der Waals surface area contributed by atoms with Gasteiger partial charge in [-0.25, -0.2) is 4.79 Å². The quantitative estimate of drug-likeness (QED) is 0.894. The number of amides is 1. The molecule has 4 heteroatoms. The van der Waals surface area contributed by atoms with E-state index >= 15 is 0 Å². The van der Waals surface area contributed by atoms with Crippen LogP contribution in [0.25, 0.3) is 0 Å². The summed E-state index contributed by atoms with van der Waals surface area (Å²) < 4.78 is 10.5. The van der Waals surface area contributed by atoms with Crippen molar-refractivity contribution in [1.29, 1.82) is 0 Å². The van der Waals surface area contributed by atoms with Gasteiger partial charge >= 0.3 is 6.09 Å². The molecule has 100 valence electrons. The molecular weight excluding hydrogens is 230 g/mol. The molecule has 4 nitrogen and oxygen atoms in total. The summed E-state index contributed by atoms with van der Waals surface area (Å²) in [7, 11) is 0. The summed E-state index contributed by atoms with van der Waals surface area (Å²) in [5, 5.41) is 2.70. The Kier molecular flexibility index (Phi) is 5.01. The van der Waals surface area contributed by atoms with Crippen molar-refractivity contribution < 1.29 is 14.3 Å². The molecule has 0 saturated heterocycles. The van der Waals surface area contributed by atoms with E-state index in [1.165, 1.54) is 0 Å². The van der Waals surface area contributed by atoms with Crippen LogP contribution in [-0.2, 0) is 11.3 Å². The van der Waals surface area contributed by atoms with Crippen molar-refractivity contribution in [1.82, 2.24) is 5.32 Å². The summed E-state index contributed by atoms with van der Waals surface area (Å²) in [6.45, 7) is 8.55. The molecule has 0 atom stereocenters. The Morgan fingerprint density at radius 2 is 1.83 bits per heavy atom. The van der Waals surface area contributed by atoms with E-state index in [2.05, 4.69) is 5.32 Å². The fraction of sp³-hybridized carbons (Fsp3) is 0.500. The first-order valence-corrected chi connectivity index (χ1v) is 6.09. The van der Waals surface area contributed by atoms with Gasteiger partial charge < -0.3 is 14.8 Å². The lowest BCUT2D eigenvalue weighted by Crippen LogP contribution is -2.32. The number of rotatable bonds is 4. The predicted octanol–water partition coefficient (Wildman–Crippen LogP) is 3.11. The molecule has 0 unspecified atom stereocenters. The number of benzene rings is 1. The molecule has 0 fully saturated rings. The first-order valence-electron chi connectivity index (χ1n) is 6.09. The van der Waals surface area contributed by atoms with Crippen LogP contribution in [0.3, 0.4) is 0 Å². The highest BCUT2D eigenvalue weighted by Gasteiger charge is 2.15. The molecule has 0 saturated carbocycles. The Morgan fingerprint density at radius 1 is 1.22 bits per heavy atom. The van der Waals surface area contributed by atoms with Crippen LogP contribution in [0.2, 0.25) is 0 Å².